The molecule has 1 heterocycles. The minimum absolute atomic E-state index is 0.144. The maximum atomic E-state index is 12.7. The quantitative estimate of drug-likeness (QED) is 0.866. The standard InChI is InChI=1S/C12H12FNO3/c13-9-3-1-8(2-4-9)5-10-7-14-11(17-10)6-12(15)16/h1-4,10H,5-7H2,(H,15,16). The van der Waals surface area contributed by atoms with Crippen molar-refractivity contribution >= 4 is 11.9 Å². The van der Waals surface area contributed by atoms with Crippen LogP contribution in [0.1, 0.15) is 12.0 Å². The van der Waals surface area contributed by atoms with Gasteiger partial charge in [-0.3, -0.25) is 9.79 Å². The molecule has 0 amide bonds. The van der Waals surface area contributed by atoms with Crippen LogP contribution in [0.2, 0.25) is 0 Å². The van der Waals surface area contributed by atoms with Crippen LogP contribution in [-0.4, -0.2) is 29.6 Å². The largest absolute Gasteiger partial charge is 0.481 e. The molecule has 4 nitrogen and oxygen atoms in total. The third kappa shape index (κ3) is 3.27. The first-order valence-corrected chi connectivity index (χ1v) is 5.29. The van der Waals surface area contributed by atoms with Gasteiger partial charge in [0.25, 0.3) is 0 Å². The number of hydrogen-bond donors (Lipinski definition) is 1. The number of rotatable bonds is 4. The first-order valence-electron chi connectivity index (χ1n) is 5.29. The van der Waals surface area contributed by atoms with Gasteiger partial charge in [-0.1, -0.05) is 12.1 Å². The SMILES string of the molecule is O=C(O)CC1=NCC(Cc2ccc(F)cc2)O1. The maximum absolute atomic E-state index is 12.7. The van der Waals surface area contributed by atoms with E-state index in [1.165, 1.54) is 12.1 Å². The van der Waals surface area contributed by atoms with Crippen LogP contribution in [0.3, 0.4) is 0 Å². The Kier molecular flexibility index (Phi) is 3.37. The van der Waals surface area contributed by atoms with Crippen molar-refractivity contribution in [3.63, 3.8) is 0 Å². The highest BCUT2D eigenvalue weighted by atomic mass is 19.1. The first kappa shape index (κ1) is 11.6. The summed E-state index contributed by atoms with van der Waals surface area (Å²) >= 11 is 0. The van der Waals surface area contributed by atoms with E-state index in [4.69, 9.17) is 9.84 Å². The number of ether oxygens (including phenoxy) is 1. The molecule has 1 N–H and O–H groups in total. The Balaban J connectivity index is 1.87. The molecule has 1 aromatic carbocycles. The monoisotopic (exact) mass is 237 g/mol. The molecule has 0 saturated carbocycles. The fraction of sp³-hybridized carbons (Fsp3) is 0.333. The van der Waals surface area contributed by atoms with Gasteiger partial charge in [-0.05, 0) is 17.7 Å². The van der Waals surface area contributed by atoms with E-state index in [-0.39, 0.29) is 24.2 Å². The number of carboxylic acids is 1. The lowest BCUT2D eigenvalue weighted by molar-refractivity contribution is -0.135. The van der Waals surface area contributed by atoms with Crippen LogP contribution < -0.4 is 0 Å². The van der Waals surface area contributed by atoms with Crippen molar-refractivity contribution in [2.75, 3.05) is 6.54 Å². The summed E-state index contributed by atoms with van der Waals surface area (Å²) in [6.07, 6.45) is 0.280. The molecule has 1 aromatic rings. The van der Waals surface area contributed by atoms with Gasteiger partial charge in [-0.25, -0.2) is 4.39 Å². The van der Waals surface area contributed by atoms with Crippen molar-refractivity contribution in [3.8, 4) is 0 Å². The van der Waals surface area contributed by atoms with E-state index in [1.807, 2.05) is 0 Å². The number of carbonyl (C=O) groups is 1. The predicted molar refractivity (Wildman–Crippen MR) is 59.5 cm³/mol. The Morgan fingerprint density at radius 1 is 1.47 bits per heavy atom. The van der Waals surface area contributed by atoms with Crippen LogP contribution in [0.15, 0.2) is 29.3 Å². The Labute approximate surface area is 97.7 Å². The first-order chi connectivity index (χ1) is 8.13. The molecule has 0 spiro atoms. The molecule has 2 rings (SSSR count). The van der Waals surface area contributed by atoms with Gasteiger partial charge in [0.05, 0.1) is 6.54 Å². The number of hydrogen-bond acceptors (Lipinski definition) is 3. The second kappa shape index (κ2) is 4.95. The topological polar surface area (TPSA) is 58.9 Å². The molecule has 0 bridgehead atoms. The van der Waals surface area contributed by atoms with Crippen molar-refractivity contribution < 1.29 is 19.0 Å². The summed E-state index contributed by atoms with van der Waals surface area (Å²) < 4.78 is 18.1. The fourth-order valence-electron chi connectivity index (χ4n) is 1.69. The minimum Gasteiger partial charge on any atom is -0.481 e. The highest BCUT2D eigenvalue weighted by Gasteiger charge is 2.21. The zero-order valence-corrected chi connectivity index (χ0v) is 9.10. The molecular weight excluding hydrogens is 225 g/mol. The molecule has 1 unspecified atom stereocenters. The van der Waals surface area contributed by atoms with Crippen molar-refractivity contribution in [3.05, 3.63) is 35.6 Å². The van der Waals surface area contributed by atoms with Gasteiger partial charge >= 0.3 is 5.97 Å². The van der Waals surface area contributed by atoms with Gasteiger partial charge in [0.2, 0.25) is 0 Å². The number of aliphatic carboxylic acids is 1. The summed E-state index contributed by atoms with van der Waals surface area (Å²) in [5.74, 6) is -0.959. The number of carboxylic acid groups (broad SMARTS) is 1. The molecule has 1 aliphatic heterocycles. The number of benzene rings is 1. The summed E-state index contributed by atoms with van der Waals surface area (Å²) in [4.78, 5) is 14.5. The molecule has 1 atom stereocenters. The number of halogens is 1. The lowest BCUT2D eigenvalue weighted by Gasteiger charge is -2.10. The van der Waals surface area contributed by atoms with Gasteiger partial charge in [-0.15, -0.1) is 0 Å². The van der Waals surface area contributed by atoms with Gasteiger partial charge in [0, 0.05) is 6.42 Å². The van der Waals surface area contributed by atoms with Crippen LogP contribution in [0.5, 0.6) is 0 Å². The Hall–Kier alpha value is -1.91. The molecule has 1 aliphatic rings. The molecule has 17 heavy (non-hydrogen) atoms. The summed E-state index contributed by atoms with van der Waals surface area (Å²) in [6.45, 7) is 0.458. The average Bonchev–Trinajstić information content (AvgIpc) is 2.68. The summed E-state index contributed by atoms with van der Waals surface area (Å²) in [7, 11) is 0. The highest BCUT2D eigenvalue weighted by Crippen LogP contribution is 2.13. The third-order valence-electron chi connectivity index (χ3n) is 2.45. The lowest BCUT2D eigenvalue weighted by atomic mass is 10.1. The Morgan fingerprint density at radius 2 is 2.18 bits per heavy atom. The average molecular weight is 237 g/mol. The van der Waals surface area contributed by atoms with Crippen molar-refractivity contribution in [2.24, 2.45) is 4.99 Å². The van der Waals surface area contributed by atoms with Crippen molar-refractivity contribution in [2.45, 2.75) is 18.9 Å². The van der Waals surface area contributed by atoms with Crippen LogP contribution in [0.25, 0.3) is 0 Å². The second-order valence-corrected chi connectivity index (χ2v) is 3.88. The van der Waals surface area contributed by atoms with E-state index in [1.54, 1.807) is 12.1 Å². The number of nitrogens with zero attached hydrogens (tertiary/aromatic N) is 1. The highest BCUT2D eigenvalue weighted by molar-refractivity contribution is 5.94. The molecule has 90 valence electrons. The van der Waals surface area contributed by atoms with E-state index in [2.05, 4.69) is 4.99 Å². The van der Waals surface area contributed by atoms with Crippen LogP contribution >= 0.6 is 0 Å². The molecule has 0 radical (unpaired) electrons. The normalized spacial score (nSPS) is 18.6. The zero-order chi connectivity index (χ0) is 12.3. The minimum atomic E-state index is -0.953. The summed E-state index contributed by atoms with van der Waals surface area (Å²) in [6, 6.07) is 6.16. The van der Waals surface area contributed by atoms with Crippen LogP contribution in [-0.2, 0) is 16.0 Å². The Morgan fingerprint density at radius 3 is 2.82 bits per heavy atom. The van der Waals surface area contributed by atoms with Gasteiger partial charge in [0.1, 0.15) is 18.3 Å². The van der Waals surface area contributed by atoms with E-state index in [9.17, 15) is 9.18 Å². The van der Waals surface area contributed by atoms with E-state index in [0.29, 0.717) is 13.0 Å². The molecule has 0 aliphatic carbocycles. The van der Waals surface area contributed by atoms with Gasteiger partial charge < -0.3 is 9.84 Å². The van der Waals surface area contributed by atoms with E-state index >= 15 is 0 Å². The zero-order valence-electron chi connectivity index (χ0n) is 9.10. The number of aliphatic imine (C=N–C) groups is 1. The molecule has 0 saturated heterocycles. The molecular formula is C12H12FNO3. The lowest BCUT2D eigenvalue weighted by Crippen LogP contribution is -2.17. The summed E-state index contributed by atoms with van der Waals surface area (Å²) in [5.41, 5.74) is 0.947. The Bertz CT molecular complexity index is 442. The fourth-order valence-corrected chi connectivity index (χ4v) is 1.69. The third-order valence-corrected chi connectivity index (χ3v) is 2.45. The van der Waals surface area contributed by atoms with Gasteiger partial charge in [-0.2, -0.15) is 0 Å². The van der Waals surface area contributed by atoms with Crippen LogP contribution in [0, 0.1) is 5.82 Å². The molecule has 5 heteroatoms. The van der Waals surface area contributed by atoms with Crippen molar-refractivity contribution in [1.29, 1.82) is 0 Å². The van der Waals surface area contributed by atoms with Gasteiger partial charge in [0.15, 0.2) is 5.90 Å². The smallest absolute Gasteiger partial charge is 0.312 e. The summed E-state index contributed by atoms with van der Waals surface area (Å²) in [5, 5.41) is 8.58. The van der Waals surface area contributed by atoms with Crippen molar-refractivity contribution in [1.82, 2.24) is 0 Å². The maximum Gasteiger partial charge on any atom is 0.312 e. The second-order valence-electron chi connectivity index (χ2n) is 3.88. The van der Waals surface area contributed by atoms with E-state index < -0.39 is 5.97 Å². The molecule has 0 aromatic heterocycles. The predicted octanol–water partition coefficient (Wildman–Crippen LogP) is 1.64. The van der Waals surface area contributed by atoms with Crippen LogP contribution in [0.4, 0.5) is 4.39 Å². The van der Waals surface area contributed by atoms with E-state index in [0.717, 1.165) is 5.56 Å². The molecule has 0 fully saturated rings.